The van der Waals surface area contributed by atoms with Gasteiger partial charge in [-0.15, -0.1) is 0 Å². The first-order chi connectivity index (χ1) is 7.55. The molecule has 1 saturated carbocycles. The van der Waals surface area contributed by atoms with Crippen molar-refractivity contribution in [2.75, 3.05) is 7.05 Å². The third-order valence-corrected chi connectivity index (χ3v) is 4.26. The summed E-state index contributed by atoms with van der Waals surface area (Å²) >= 11 is 12.2. The number of halogens is 2. The number of benzene rings is 1. The fourth-order valence-corrected chi connectivity index (χ4v) is 2.55. The van der Waals surface area contributed by atoms with Gasteiger partial charge in [0.25, 0.3) is 0 Å². The molecule has 2 rings (SSSR count). The fourth-order valence-electron chi connectivity index (χ4n) is 2.16. The molecule has 1 aromatic rings. The number of likely N-dealkylation sites (N-methyl/N-ethyl adjacent to an activating group) is 1. The molecular formula is C13H17Cl2N. The Kier molecular flexibility index (Phi) is 3.48. The standard InChI is InChI=1S/C13H17Cl2N/c1-13(5-6-13)12(16-2)8-9-7-10(14)3-4-11(9)15/h3-4,7,12,16H,5-6,8H2,1-2H3. The fraction of sp³-hybridized carbons (Fsp3) is 0.538. The van der Waals surface area contributed by atoms with E-state index in [0.717, 1.165) is 22.0 Å². The molecular weight excluding hydrogens is 241 g/mol. The molecule has 3 heteroatoms. The first-order valence-electron chi connectivity index (χ1n) is 5.66. The van der Waals surface area contributed by atoms with Gasteiger partial charge in [0, 0.05) is 16.1 Å². The number of hydrogen-bond donors (Lipinski definition) is 1. The highest BCUT2D eigenvalue weighted by Crippen LogP contribution is 2.49. The molecule has 0 amide bonds. The van der Waals surface area contributed by atoms with Crippen molar-refractivity contribution in [2.45, 2.75) is 32.2 Å². The zero-order valence-corrected chi connectivity index (χ0v) is 11.2. The summed E-state index contributed by atoms with van der Waals surface area (Å²) in [4.78, 5) is 0. The van der Waals surface area contributed by atoms with Crippen LogP contribution in [0.2, 0.25) is 10.0 Å². The average molecular weight is 258 g/mol. The van der Waals surface area contributed by atoms with E-state index in [2.05, 4.69) is 12.2 Å². The van der Waals surface area contributed by atoms with Crippen LogP contribution in [0.1, 0.15) is 25.3 Å². The monoisotopic (exact) mass is 257 g/mol. The number of hydrogen-bond acceptors (Lipinski definition) is 1. The van der Waals surface area contributed by atoms with Crippen molar-refractivity contribution in [3.63, 3.8) is 0 Å². The Morgan fingerprint density at radius 1 is 1.38 bits per heavy atom. The van der Waals surface area contributed by atoms with Gasteiger partial charge in [-0.25, -0.2) is 0 Å². The van der Waals surface area contributed by atoms with Crippen molar-refractivity contribution in [3.05, 3.63) is 33.8 Å². The summed E-state index contributed by atoms with van der Waals surface area (Å²) in [5, 5.41) is 4.97. The van der Waals surface area contributed by atoms with Crippen molar-refractivity contribution in [1.29, 1.82) is 0 Å². The van der Waals surface area contributed by atoms with E-state index < -0.39 is 0 Å². The minimum atomic E-state index is 0.445. The van der Waals surface area contributed by atoms with Gasteiger partial charge >= 0.3 is 0 Å². The second-order valence-corrected chi connectivity index (χ2v) is 5.78. The Hall–Kier alpha value is -0.240. The van der Waals surface area contributed by atoms with Crippen LogP contribution in [0.5, 0.6) is 0 Å². The molecule has 1 unspecified atom stereocenters. The molecule has 1 fully saturated rings. The molecule has 1 aromatic carbocycles. The van der Waals surface area contributed by atoms with Gasteiger partial charge < -0.3 is 5.32 Å². The molecule has 1 N–H and O–H groups in total. The molecule has 0 saturated heterocycles. The van der Waals surface area contributed by atoms with Gasteiger partial charge in [-0.1, -0.05) is 30.1 Å². The molecule has 1 atom stereocenters. The van der Waals surface area contributed by atoms with Crippen LogP contribution in [-0.2, 0) is 6.42 Å². The molecule has 16 heavy (non-hydrogen) atoms. The highest BCUT2D eigenvalue weighted by molar-refractivity contribution is 6.33. The lowest BCUT2D eigenvalue weighted by molar-refractivity contribution is 0.376. The van der Waals surface area contributed by atoms with Crippen molar-refractivity contribution in [1.82, 2.24) is 5.32 Å². The van der Waals surface area contributed by atoms with E-state index in [1.165, 1.54) is 12.8 Å². The molecule has 0 spiro atoms. The van der Waals surface area contributed by atoms with Crippen LogP contribution in [0, 0.1) is 5.41 Å². The smallest absolute Gasteiger partial charge is 0.0439 e. The van der Waals surface area contributed by atoms with Crippen LogP contribution in [0.15, 0.2) is 18.2 Å². The molecule has 88 valence electrons. The largest absolute Gasteiger partial charge is 0.316 e. The van der Waals surface area contributed by atoms with E-state index in [1.54, 1.807) is 0 Å². The van der Waals surface area contributed by atoms with Crippen LogP contribution < -0.4 is 5.32 Å². The third kappa shape index (κ3) is 2.53. The van der Waals surface area contributed by atoms with E-state index in [0.29, 0.717) is 11.5 Å². The maximum atomic E-state index is 6.18. The number of nitrogens with one attached hydrogen (secondary N) is 1. The Bertz CT molecular complexity index is 386. The van der Waals surface area contributed by atoms with Crippen molar-refractivity contribution in [2.24, 2.45) is 5.41 Å². The lowest BCUT2D eigenvalue weighted by atomic mass is 9.92. The first-order valence-corrected chi connectivity index (χ1v) is 6.42. The maximum Gasteiger partial charge on any atom is 0.0439 e. The minimum absolute atomic E-state index is 0.445. The molecule has 0 aliphatic heterocycles. The Morgan fingerprint density at radius 3 is 2.62 bits per heavy atom. The second-order valence-electron chi connectivity index (χ2n) is 4.94. The molecule has 0 heterocycles. The summed E-state index contributed by atoms with van der Waals surface area (Å²) in [5.74, 6) is 0. The van der Waals surface area contributed by atoms with Crippen molar-refractivity contribution in [3.8, 4) is 0 Å². The SMILES string of the molecule is CNC(Cc1cc(Cl)ccc1Cl)C1(C)CC1. The minimum Gasteiger partial charge on any atom is -0.316 e. The van der Waals surface area contributed by atoms with Gasteiger partial charge in [0.05, 0.1) is 0 Å². The van der Waals surface area contributed by atoms with Crippen LogP contribution in [0.3, 0.4) is 0 Å². The third-order valence-electron chi connectivity index (χ3n) is 3.66. The lowest BCUT2D eigenvalue weighted by Gasteiger charge is -2.23. The normalized spacial score (nSPS) is 19.5. The topological polar surface area (TPSA) is 12.0 Å². The highest BCUT2D eigenvalue weighted by atomic mass is 35.5. The van der Waals surface area contributed by atoms with E-state index in [9.17, 15) is 0 Å². The zero-order chi connectivity index (χ0) is 11.8. The van der Waals surface area contributed by atoms with Gasteiger partial charge in [-0.05, 0) is 55.5 Å². The van der Waals surface area contributed by atoms with E-state index in [1.807, 2.05) is 25.2 Å². The van der Waals surface area contributed by atoms with E-state index in [4.69, 9.17) is 23.2 Å². The maximum absolute atomic E-state index is 6.18. The molecule has 0 radical (unpaired) electrons. The highest BCUT2D eigenvalue weighted by Gasteiger charge is 2.44. The van der Waals surface area contributed by atoms with Crippen LogP contribution in [0.4, 0.5) is 0 Å². The van der Waals surface area contributed by atoms with E-state index in [-0.39, 0.29) is 0 Å². The molecule has 1 aliphatic carbocycles. The molecule has 1 aliphatic rings. The van der Waals surface area contributed by atoms with Gasteiger partial charge in [0.2, 0.25) is 0 Å². The Morgan fingerprint density at radius 2 is 2.06 bits per heavy atom. The summed E-state index contributed by atoms with van der Waals surface area (Å²) in [6.45, 7) is 2.33. The Balaban J connectivity index is 2.15. The Labute approximate surface area is 107 Å². The zero-order valence-electron chi connectivity index (χ0n) is 9.69. The average Bonchev–Trinajstić information content (AvgIpc) is 2.99. The van der Waals surface area contributed by atoms with Crippen LogP contribution in [-0.4, -0.2) is 13.1 Å². The van der Waals surface area contributed by atoms with Crippen LogP contribution in [0.25, 0.3) is 0 Å². The predicted molar refractivity (Wildman–Crippen MR) is 70.4 cm³/mol. The quantitative estimate of drug-likeness (QED) is 0.863. The molecule has 0 bridgehead atoms. The predicted octanol–water partition coefficient (Wildman–Crippen LogP) is 3.92. The van der Waals surface area contributed by atoms with Crippen molar-refractivity contribution < 1.29 is 0 Å². The summed E-state index contributed by atoms with van der Waals surface area (Å²) < 4.78 is 0. The summed E-state index contributed by atoms with van der Waals surface area (Å²) in [5.41, 5.74) is 1.59. The molecule has 0 aromatic heterocycles. The lowest BCUT2D eigenvalue weighted by Crippen LogP contribution is -2.35. The van der Waals surface area contributed by atoms with Crippen LogP contribution >= 0.6 is 23.2 Å². The summed E-state index contributed by atoms with van der Waals surface area (Å²) in [7, 11) is 2.02. The van der Waals surface area contributed by atoms with Gasteiger partial charge in [-0.3, -0.25) is 0 Å². The van der Waals surface area contributed by atoms with Gasteiger partial charge in [0.1, 0.15) is 0 Å². The summed E-state index contributed by atoms with van der Waals surface area (Å²) in [6, 6.07) is 6.17. The van der Waals surface area contributed by atoms with Gasteiger partial charge in [0.15, 0.2) is 0 Å². The summed E-state index contributed by atoms with van der Waals surface area (Å²) in [6.07, 6.45) is 3.56. The van der Waals surface area contributed by atoms with E-state index >= 15 is 0 Å². The number of rotatable bonds is 4. The van der Waals surface area contributed by atoms with Gasteiger partial charge in [-0.2, -0.15) is 0 Å². The second kappa shape index (κ2) is 4.56. The molecule has 1 nitrogen and oxygen atoms in total. The van der Waals surface area contributed by atoms with Crippen molar-refractivity contribution >= 4 is 23.2 Å². The first kappa shape index (κ1) is 12.2.